The Bertz CT molecular complexity index is 722. The first-order valence-electron chi connectivity index (χ1n) is 9.00. The third-order valence-corrected chi connectivity index (χ3v) is 6.08. The Balaban J connectivity index is 2.45. The number of thioether (sulfide) groups is 1. The van der Waals surface area contributed by atoms with E-state index in [-0.39, 0.29) is 5.91 Å². The summed E-state index contributed by atoms with van der Waals surface area (Å²) in [4.78, 5) is 61.0. The fourth-order valence-electron chi connectivity index (χ4n) is 3.54. The number of rotatable bonds is 6. The summed E-state index contributed by atoms with van der Waals surface area (Å²) in [6.45, 7) is 8.00. The first-order chi connectivity index (χ1) is 13.3. The zero-order valence-corrected chi connectivity index (χ0v) is 17.9. The number of hydrogen-bond acceptors (Lipinski definition) is 10. The summed E-state index contributed by atoms with van der Waals surface area (Å²) in [5.41, 5.74) is 0. The molecule has 2 aliphatic heterocycles. The highest BCUT2D eigenvalue weighted by Crippen LogP contribution is 2.50. The number of cyclic esters (lactones) is 1. The fraction of sp³-hybridized carbons (Fsp3) is 0.722. The van der Waals surface area contributed by atoms with E-state index in [1.54, 1.807) is 0 Å². The van der Waals surface area contributed by atoms with E-state index in [9.17, 15) is 24.0 Å². The van der Waals surface area contributed by atoms with Crippen LogP contribution in [0.4, 0.5) is 0 Å². The van der Waals surface area contributed by atoms with Crippen molar-refractivity contribution in [2.75, 3.05) is 6.61 Å². The monoisotopic (exact) mass is 431 g/mol. The van der Waals surface area contributed by atoms with Crippen molar-refractivity contribution in [1.29, 1.82) is 0 Å². The molecule has 0 aromatic rings. The van der Waals surface area contributed by atoms with Crippen molar-refractivity contribution in [3.63, 3.8) is 0 Å². The predicted molar refractivity (Wildman–Crippen MR) is 99.4 cm³/mol. The van der Waals surface area contributed by atoms with Gasteiger partial charge in [0, 0.05) is 32.4 Å². The van der Waals surface area contributed by atoms with Gasteiger partial charge in [-0.1, -0.05) is 0 Å². The molecule has 2 fully saturated rings. The van der Waals surface area contributed by atoms with E-state index in [2.05, 4.69) is 0 Å². The van der Waals surface area contributed by atoms with Crippen LogP contribution in [-0.4, -0.2) is 75.8 Å². The predicted octanol–water partition coefficient (Wildman–Crippen LogP) is 0.407. The summed E-state index contributed by atoms with van der Waals surface area (Å²) in [6.07, 6.45) is -3.64. The van der Waals surface area contributed by atoms with Crippen LogP contribution < -0.4 is 0 Å². The number of hydrogen-bond donors (Lipinski definition) is 0. The van der Waals surface area contributed by atoms with Gasteiger partial charge in [0.05, 0.1) is 0 Å². The van der Waals surface area contributed by atoms with Gasteiger partial charge in [-0.2, -0.15) is 0 Å². The maximum atomic E-state index is 12.7. The number of esters is 4. The first kappa shape index (κ1) is 23.0. The molecule has 0 saturated carbocycles. The van der Waals surface area contributed by atoms with Gasteiger partial charge in [0.1, 0.15) is 18.0 Å². The van der Waals surface area contributed by atoms with E-state index >= 15 is 0 Å². The summed E-state index contributed by atoms with van der Waals surface area (Å²) in [5.74, 6) is -3.05. The average Bonchev–Trinajstić information content (AvgIpc) is 2.80. The Labute approximate surface area is 172 Å². The molecule has 2 bridgehead atoms. The highest BCUT2D eigenvalue weighted by atomic mass is 32.2. The molecule has 0 N–H and O–H groups in total. The van der Waals surface area contributed by atoms with Gasteiger partial charge >= 0.3 is 23.9 Å². The van der Waals surface area contributed by atoms with E-state index in [0.29, 0.717) is 0 Å². The van der Waals surface area contributed by atoms with Crippen molar-refractivity contribution < 1.29 is 42.9 Å². The molecule has 0 radical (unpaired) electrons. The topological polar surface area (TPSA) is 126 Å². The van der Waals surface area contributed by atoms with Crippen molar-refractivity contribution in [2.45, 2.75) is 76.0 Å². The van der Waals surface area contributed by atoms with Crippen molar-refractivity contribution in [3.8, 4) is 0 Å². The lowest BCUT2D eigenvalue weighted by Gasteiger charge is -2.42. The first-order valence-corrected chi connectivity index (χ1v) is 9.88. The maximum Gasteiger partial charge on any atom is 0.330 e. The van der Waals surface area contributed by atoms with Gasteiger partial charge in [-0.25, -0.2) is 4.79 Å². The number of morpholine rings is 1. The molecule has 2 heterocycles. The van der Waals surface area contributed by atoms with Crippen molar-refractivity contribution in [3.05, 3.63) is 0 Å². The summed E-state index contributed by atoms with van der Waals surface area (Å²) in [5, 5.41) is -0.676. The van der Waals surface area contributed by atoms with Gasteiger partial charge in [0.2, 0.25) is 5.91 Å². The van der Waals surface area contributed by atoms with Crippen LogP contribution in [0, 0.1) is 0 Å². The van der Waals surface area contributed by atoms with E-state index in [1.807, 2.05) is 13.8 Å². The van der Waals surface area contributed by atoms with Gasteiger partial charge in [0.25, 0.3) is 0 Å². The summed E-state index contributed by atoms with van der Waals surface area (Å²) in [7, 11) is 0. The molecule has 0 aromatic heterocycles. The van der Waals surface area contributed by atoms with Crippen LogP contribution in [0.5, 0.6) is 0 Å². The normalized spacial score (nSPS) is 26.8. The van der Waals surface area contributed by atoms with Crippen LogP contribution in [0.3, 0.4) is 0 Å². The van der Waals surface area contributed by atoms with Crippen LogP contribution in [0.2, 0.25) is 0 Å². The molecule has 2 rings (SSSR count). The molecule has 2 aliphatic rings. The maximum absolute atomic E-state index is 12.7. The number of fused-ring (bicyclic) bond motifs is 2. The molecule has 5 atom stereocenters. The summed E-state index contributed by atoms with van der Waals surface area (Å²) in [6, 6.07) is -0.801. The lowest BCUT2D eigenvalue weighted by atomic mass is 9.97. The minimum absolute atomic E-state index is 0.342. The van der Waals surface area contributed by atoms with E-state index in [4.69, 9.17) is 18.9 Å². The average molecular weight is 431 g/mol. The van der Waals surface area contributed by atoms with E-state index < -0.39 is 65.0 Å². The SMILES string of the molecule is CC(=O)OC[C@@H](OC(C)=O)[C@@H](OC(C)=O)[C@@H]1OC(=O)[C@H]2N(C(C)=O)[C@H]1SC2(C)C. The van der Waals surface area contributed by atoms with Crippen molar-refractivity contribution in [1.82, 2.24) is 4.90 Å². The van der Waals surface area contributed by atoms with E-state index in [1.165, 1.54) is 30.5 Å². The Morgan fingerprint density at radius 3 is 2.14 bits per heavy atom. The van der Waals surface area contributed by atoms with Crippen LogP contribution >= 0.6 is 11.8 Å². The summed E-state index contributed by atoms with van der Waals surface area (Å²) < 4.78 is 20.4. The van der Waals surface area contributed by atoms with Gasteiger partial charge in [-0.3, -0.25) is 19.2 Å². The largest absolute Gasteiger partial charge is 0.462 e. The lowest BCUT2D eigenvalue weighted by molar-refractivity contribution is -0.203. The van der Waals surface area contributed by atoms with Crippen LogP contribution in [-0.2, 0) is 42.9 Å². The number of carbonyl (C=O) groups excluding carboxylic acids is 5. The highest BCUT2D eigenvalue weighted by Gasteiger charge is 2.62. The number of amides is 1. The molecule has 162 valence electrons. The standard InChI is InChI=1S/C18H25NO9S/c1-8(20)19-15-17(24)28-14(16(19)29-18(15,5)6)13(27-11(4)23)12(26-10(3)22)7-25-9(2)21/h12-16H,7H2,1-6H3/t12-,13-,14+,15-,16+/m1/s1. The van der Waals surface area contributed by atoms with Gasteiger partial charge in [0.15, 0.2) is 18.3 Å². The molecule has 0 aromatic carbocycles. The Hall–Kier alpha value is -2.30. The van der Waals surface area contributed by atoms with Gasteiger partial charge in [-0.05, 0) is 13.8 Å². The third-order valence-electron chi connectivity index (χ3n) is 4.52. The highest BCUT2D eigenvalue weighted by molar-refractivity contribution is 8.01. The molecule has 0 aliphatic carbocycles. The second-order valence-corrected chi connectivity index (χ2v) is 9.14. The molecule has 2 saturated heterocycles. The lowest BCUT2D eigenvalue weighted by Crippen LogP contribution is -2.63. The summed E-state index contributed by atoms with van der Waals surface area (Å²) >= 11 is 1.32. The molecular weight excluding hydrogens is 406 g/mol. The second-order valence-electron chi connectivity index (χ2n) is 7.37. The Morgan fingerprint density at radius 1 is 1.07 bits per heavy atom. The van der Waals surface area contributed by atoms with Crippen LogP contribution in [0.1, 0.15) is 41.5 Å². The minimum Gasteiger partial charge on any atom is -0.462 e. The van der Waals surface area contributed by atoms with Crippen molar-refractivity contribution >= 4 is 41.5 Å². The molecule has 29 heavy (non-hydrogen) atoms. The quantitative estimate of drug-likeness (QED) is 0.431. The molecular formula is C18H25NO9S. The Kier molecular flexibility index (Phi) is 6.82. The van der Waals surface area contributed by atoms with E-state index in [0.717, 1.165) is 13.8 Å². The molecule has 11 heteroatoms. The van der Waals surface area contributed by atoms with Crippen LogP contribution in [0.25, 0.3) is 0 Å². The Morgan fingerprint density at radius 2 is 1.66 bits per heavy atom. The minimum atomic E-state index is -1.28. The molecule has 0 unspecified atom stereocenters. The van der Waals surface area contributed by atoms with Gasteiger partial charge in [-0.15, -0.1) is 11.8 Å². The molecule has 10 nitrogen and oxygen atoms in total. The zero-order chi connectivity index (χ0) is 22.1. The number of nitrogens with zero attached hydrogens (tertiary/aromatic N) is 1. The zero-order valence-electron chi connectivity index (χ0n) is 17.1. The molecule has 0 spiro atoms. The van der Waals surface area contributed by atoms with Crippen molar-refractivity contribution in [2.24, 2.45) is 0 Å². The number of carbonyl (C=O) groups is 5. The number of ether oxygens (including phenoxy) is 4. The van der Waals surface area contributed by atoms with Crippen LogP contribution in [0.15, 0.2) is 0 Å². The fourth-order valence-corrected chi connectivity index (χ4v) is 5.23. The van der Waals surface area contributed by atoms with Gasteiger partial charge < -0.3 is 23.8 Å². The third kappa shape index (κ3) is 5.01. The second kappa shape index (κ2) is 8.60. The molecule has 1 amide bonds. The smallest absolute Gasteiger partial charge is 0.330 e.